The standard InChI is InChI=1S/C13H17BrO2/c1-9-6-13(15,7-9)8-10-3-4-12(16-2)11(14)5-10/h3-5,9,15H,6-8H2,1-2H3. The maximum atomic E-state index is 10.2. The lowest BCUT2D eigenvalue weighted by molar-refractivity contribution is -0.0665. The first-order chi connectivity index (χ1) is 7.52. The first-order valence-corrected chi connectivity index (χ1v) is 6.36. The summed E-state index contributed by atoms with van der Waals surface area (Å²) in [5.74, 6) is 1.49. The van der Waals surface area contributed by atoms with Gasteiger partial charge in [-0.2, -0.15) is 0 Å². The molecule has 1 aliphatic carbocycles. The van der Waals surface area contributed by atoms with Gasteiger partial charge in [-0.1, -0.05) is 13.0 Å². The molecule has 0 amide bonds. The molecule has 1 N–H and O–H groups in total. The van der Waals surface area contributed by atoms with Gasteiger partial charge in [0.25, 0.3) is 0 Å². The summed E-state index contributed by atoms with van der Waals surface area (Å²) in [6.07, 6.45) is 2.56. The lowest BCUT2D eigenvalue weighted by atomic mass is 9.69. The van der Waals surface area contributed by atoms with E-state index in [4.69, 9.17) is 4.74 Å². The topological polar surface area (TPSA) is 29.5 Å². The molecular formula is C13H17BrO2. The van der Waals surface area contributed by atoms with Crippen molar-refractivity contribution in [2.75, 3.05) is 7.11 Å². The Morgan fingerprint density at radius 3 is 2.69 bits per heavy atom. The molecule has 0 radical (unpaired) electrons. The van der Waals surface area contributed by atoms with Gasteiger partial charge in [-0.15, -0.1) is 0 Å². The molecule has 0 atom stereocenters. The van der Waals surface area contributed by atoms with Crippen LogP contribution in [0.25, 0.3) is 0 Å². The smallest absolute Gasteiger partial charge is 0.133 e. The summed E-state index contributed by atoms with van der Waals surface area (Å²) >= 11 is 3.46. The number of methoxy groups -OCH3 is 1. The van der Waals surface area contributed by atoms with Crippen LogP contribution in [0.15, 0.2) is 22.7 Å². The summed E-state index contributed by atoms with van der Waals surface area (Å²) in [6, 6.07) is 5.98. The van der Waals surface area contributed by atoms with Crippen molar-refractivity contribution in [2.45, 2.75) is 31.8 Å². The van der Waals surface area contributed by atoms with E-state index in [0.717, 1.165) is 35.0 Å². The van der Waals surface area contributed by atoms with Crippen molar-refractivity contribution < 1.29 is 9.84 Å². The van der Waals surface area contributed by atoms with Crippen LogP contribution in [0.2, 0.25) is 0 Å². The predicted octanol–water partition coefficient (Wildman–Crippen LogP) is 3.16. The van der Waals surface area contributed by atoms with Crippen molar-refractivity contribution >= 4 is 15.9 Å². The summed E-state index contributed by atoms with van der Waals surface area (Å²) in [5.41, 5.74) is 0.676. The number of rotatable bonds is 3. The third-order valence-corrected chi connectivity index (χ3v) is 3.83. The molecule has 0 saturated heterocycles. The van der Waals surface area contributed by atoms with Crippen LogP contribution in [0.5, 0.6) is 5.75 Å². The van der Waals surface area contributed by atoms with Crippen LogP contribution >= 0.6 is 15.9 Å². The van der Waals surface area contributed by atoms with E-state index in [1.165, 1.54) is 0 Å². The van der Waals surface area contributed by atoms with E-state index in [1.807, 2.05) is 18.2 Å². The van der Waals surface area contributed by atoms with Crippen molar-refractivity contribution in [3.63, 3.8) is 0 Å². The number of hydrogen-bond donors (Lipinski definition) is 1. The molecule has 16 heavy (non-hydrogen) atoms. The molecule has 1 aromatic rings. The normalized spacial score (nSPS) is 28.6. The van der Waals surface area contributed by atoms with Gasteiger partial charge in [0.15, 0.2) is 0 Å². The van der Waals surface area contributed by atoms with Gasteiger partial charge in [0.1, 0.15) is 5.75 Å². The Morgan fingerprint density at radius 2 is 2.19 bits per heavy atom. The fourth-order valence-corrected chi connectivity index (χ4v) is 3.17. The van der Waals surface area contributed by atoms with E-state index in [9.17, 15) is 5.11 Å². The highest BCUT2D eigenvalue weighted by molar-refractivity contribution is 9.10. The molecule has 88 valence electrons. The van der Waals surface area contributed by atoms with Crippen molar-refractivity contribution in [3.05, 3.63) is 28.2 Å². The minimum atomic E-state index is -0.479. The van der Waals surface area contributed by atoms with E-state index in [0.29, 0.717) is 5.92 Å². The van der Waals surface area contributed by atoms with Gasteiger partial charge >= 0.3 is 0 Å². The van der Waals surface area contributed by atoms with Crippen LogP contribution in [-0.4, -0.2) is 17.8 Å². The number of ether oxygens (including phenoxy) is 1. The molecule has 1 fully saturated rings. The van der Waals surface area contributed by atoms with Crippen molar-refractivity contribution in [3.8, 4) is 5.75 Å². The van der Waals surface area contributed by atoms with Crippen LogP contribution in [0, 0.1) is 5.92 Å². The Hall–Kier alpha value is -0.540. The van der Waals surface area contributed by atoms with E-state index < -0.39 is 5.60 Å². The van der Waals surface area contributed by atoms with Crippen molar-refractivity contribution in [1.82, 2.24) is 0 Å². The summed E-state index contributed by atoms with van der Waals surface area (Å²) in [7, 11) is 1.65. The van der Waals surface area contributed by atoms with Crippen molar-refractivity contribution in [2.24, 2.45) is 5.92 Å². The highest BCUT2D eigenvalue weighted by atomic mass is 79.9. The third-order valence-electron chi connectivity index (χ3n) is 3.21. The lowest BCUT2D eigenvalue weighted by Crippen LogP contribution is -2.44. The van der Waals surface area contributed by atoms with Gasteiger partial charge in [-0.05, 0) is 52.4 Å². The fraction of sp³-hybridized carbons (Fsp3) is 0.538. The number of benzene rings is 1. The Kier molecular flexibility index (Phi) is 3.27. The molecule has 0 heterocycles. The Bertz CT molecular complexity index is 384. The van der Waals surface area contributed by atoms with E-state index >= 15 is 0 Å². The fourth-order valence-electron chi connectivity index (χ4n) is 2.58. The van der Waals surface area contributed by atoms with E-state index in [2.05, 4.69) is 22.9 Å². The molecule has 0 spiro atoms. The number of halogens is 1. The van der Waals surface area contributed by atoms with Gasteiger partial charge in [0.2, 0.25) is 0 Å². The van der Waals surface area contributed by atoms with Crippen LogP contribution < -0.4 is 4.74 Å². The highest BCUT2D eigenvalue weighted by Crippen LogP contribution is 2.40. The Morgan fingerprint density at radius 1 is 1.50 bits per heavy atom. The molecule has 2 nitrogen and oxygen atoms in total. The zero-order valence-electron chi connectivity index (χ0n) is 9.66. The summed E-state index contributed by atoms with van der Waals surface area (Å²) < 4.78 is 6.13. The molecule has 0 unspecified atom stereocenters. The molecule has 0 aliphatic heterocycles. The summed E-state index contributed by atoms with van der Waals surface area (Å²) in [6.45, 7) is 2.18. The maximum absolute atomic E-state index is 10.2. The zero-order chi connectivity index (χ0) is 11.8. The maximum Gasteiger partial charge on any atom is 0.133 e. The van der Waals surface area contributed by atoms with Gasteiger partial charge < -0.3 is 9.84 Å². The molecule has 0 bridgehead atoms. The van der Waals surface area contributed by atoms with Gasteiger partial charge in [-0.25, -0.2) is 0 Å². The minimum absolute atomic E-state index is 0.479. The van der Waals surface area contributed by atoms with Crippen LogP contribution in [0.4, 0.5) is 0 Å². The quantitative estimate of drug-likeness (QED) is 0.924. The Balaban J connectivity index is 2.08. The average Bonchev–Trinajstić information content (AvgIpc) is 2.15. The number of aliphatic hydroxyl groups is 1. The molecular weight excluding hydrogens is 268 g/mol. The highest BCUT2D eigenvalue weighted by Gasteiger charge is 2.39. The second-order valence-corrected chi connectivity index (χ2v) is 5.74. The second kappa shape index (κ2) is 4.38. The third kappa shape index (κ3) is 2.41. The van der Waals surface area contributed by atoms with Crippen LogP contribution in [0.3, 0.4) is 0 Å². The molecule has 1 saturated carbocycles. The predicted molar refractivity (Wildman–Crippen MR) is 67.7 cm³/mol. The van der Waals surface area contributed by atoms with E-state index in [1.54, 1.807) is 7.11 Å². The molecule has 2 rings (SSSR count). The van der Waals surface area contributed by atoms with Crippen LogP contribution in [-0.2, 0) is 6.42 Å². The van der Waals surface area contributed by atoms with Gasteiger partial charge in [0, 0.05) is 6.42 Å². The lowest BCUT2D eigenvalue weighted by Gasteiger charge is -2.42. The van der Waals surface area contributed by atoms with Crippen molar-refractivity contribution in [1.29, 1.82) is 0 Å². The molecule has 0 aromatic heterocycles. The zero-order valence-corrected chi connectivity index (χ0v) is 11.3. The minimum Gasteiger partial charge on any atom is -0.496 e. The molecule has 1 aromatic carbocycles. The van der Waals surface area contributed by atoms with Gasteiger partial charge in [0.05, 0.1) is 17.2 Å². The SMILES string of the molecule is COc1ccc(CC2(O)CC(C)C2)cc1Br. The first kappa shape index (κ1) is 11.9. The van der Waals surface area contributed by atoms with Crippen LogP contribution in [0.1, 0.15) is 25.3 Å². The molecule has 3 heteroatoms. The molecule has 1 aliphatic rings. The summed E-state index contributed by atoms with van der Waals surface area (Å²) in [4.78, 5) is 0. The average molecular weight is 285 g/mol. The summed E-state index contributed by atoms with van der Waals surface area (Å²) in [5, 5.41) is 10.2. The monoisotopic (exact) mass is 284 g/mol. The van der Waals surface area contributed by atoms with Gasteiger partial charge in [-0.3, -0.25) is 0 Å². The van der Waals surface area contributed by atoms with E-state index in [-0.39, 0.29) is 0 Å². The largest absolute Gasteiger partial charge is 0.496 e. The second-order valence-electron chi connectivity index (χ2n) is 4.88. The number of hydrogen-bond acceptors (Lipinski definition) is 2. The Labute approximate surface area is 105 Å². The first-order valence-electron chi connectivity index (χ1n) is 5.57.